The zero-order valence-electron chi connectivity index (χ0n) is 8.21. The molecule has 1 aliphatic carbocycles. The van der Waals surface area contributed by atoms with E-state index in [-0.39, 0.29) is 0 Å². The summed E-state index contributed by atoms with van der Waals surface area (Å²) in [5, 5.41) is 3.37. The first-order valence-corrected chi connectivity index (χ1v) is 5.26. The van der Waals surface area contributed by atoms with Crippen LogP contribution in [0.3, 0.4) is 0 Å². The molecule has 0 radical (unpaired) electrons. The number of hydrogen-bond acceptors (Lipinski definition) is 2. The van der Waals surface area contributed by atoms with Gasteiger partial charge in [-0.25, -0.2) is 0 Å². The van der Waals surface area contributed by atoms with Crippen molar-refractivity contribution in [1.82, 2.24) is 10.2 Å². The largest absolute Gasteiger partial charge is 0.316 e. The van der Waals surface area contributed by atoms with E-state index in [2.05, 4.69) is 24.2 Å². The highest BCUT2D eigenvalue weighted by atomic mass is 15.2. The highest BCUT2D eigenvalue weighted by Crippen LogP contribution is 2.39. The molecule has 12 heavy (non-hydrogen) atoms. The van der Waals surface area contributed by atoms with E-state index in [0.717, 1.165) is 18.0 Å². The van der Waals surface area contributed by atoms with Crippen molar-refractivity contribution in [2.24, 2.45) is 5.92 Å². The predicted molar refractivity (Wildman–Crippen MR) is 51.2 cm³/mol. The molecule has 0 aromatic carbocycles. The molecule has 2 nitrogen and oxygen atoms in total. The van der Waals surface area contributed by atoms with Crippen molar-refractivity contribution in [3.8, 4) is 0 Å². The number of nitrogens with zero attached hydrogens (tertiary/aromatic N) is 1. The summed E-state index contributed by atoms with van der Waals surface area (Å²) in [5.41, 5.74) is 0. The van der Waals surface area contributed by atoms with Gasteiger partial charge >= 0.3 is 0 Å². The highest BCUT2D eigenvalue weighted by Gasteiger charge is 2.42. The van der Waals surface area contributed by atoms with E-state index in [1.54, 1.807) is 0 Å². The molecule has 1 saturated heterocycles. The second-order valence-electron chi connectivity index (χ2n) is 4.24. The third kappa shape index (κ3) is 1.50. The van der Waals surface area contributed by atoms with Crippen LogP contribution in [0.5, 0.6) is 0 Å². The van der Waals surface area contributed by atoms with Gasteiger partial charge in [0.15, 0.2) is 0 Å². The lowest BCUT2D eigenvalue weighted by Crippen LogP contribution is -2.31. The molecule has 0 spiro atoms. The van der Waals surface area contributed by atoms with Gasteiger partial charge < -0.3 is 5.32 Å². The summed E-state index contributed by atoms with van der Waals surface area (Å²) in [7, 11) is 2.08. The molecule has 70 valence electrons. The van der Waals surface area contributed by atoms with Crippen molar-refractivity contribution in [2.75, 3.05) is 20.1 Å². The summed E-state index contributed by atoms with van der Waals surface area (Å²) in [4.78, 5) is 2.68. The average molecular weight is 168 g/mol. The Balaban J connectivity index is 1.77. The Morgan fingerprint density at radius 1 is 1.50 bits per heavy atom. The predicted octanol–water partition coefficient (Wildman–Crippen LogP) is 1.08. The molecule has 2 fully saturated rings. The molecule has 3 unspecified atom stereocenters. The van der Waals surface area contributed by atoms with Gasteiger partial charge in [-0.1, -0.05) is 13.3 Å². The van der Waals surface area contributed by atoms with Gasteiger partial charge in [-0.15, -0.1) is 0 Å². The van der Waals surface area contributed by atoms with Gasteiger partial charge in [-0.2, -0.15) is 0 Å². The molecule has 1 heterocycles. The van der Waals surface area contributed by atoms with Gasteiger partial charge in [0.2, 0.25) is 0 Å². The fourth-order valence-corrected chi connectivity index (χ4v) is 2.44. The lowest BCUT2D eigenvalue weighted by Gasteiger charge is -2.15. The number of likely N-dealkylation sites (tertiary alicyclic amines) is 1. The van der Waals surface area contributed by atoms with Crippen molar-refractivity contribution in [1.29, 1.82) is 0 Å². The molecular formula is C10H20N2. The standard InChI is InChI=1S/C10H20N2/c1-3-8-6-10(8)12-5-4-9(7-12)11-2/h8-11H,3-7H2,1-2H3. The van der Waals surface area contributed by atoms with Crippen molar-refractivity contribution in [2.45, 2.75) is 38.3 Å². The SMILES string of the molecule is CCC1CC1N1CCC(NC)C1. The maximum atomic E-state index is 3.37. The quantitative estimate of drug-likeness (QED) is 0.678. The Morgan fingerprint density at radius 3 is 2.83 bits per heavy atom. The Morgan fingerprint density at radius 2 is 2.33 bits per heavy atom. The molecule has 3 atom stereocenters. The van der Waals surface area contributed by atoms with Crippen molar-refractivity contribution in [3.63, 3.8) is 0 Å². The summed E-state index contributed by atoms with van der Waals surface area (Å²) in [6, 6.07) is 1.72. The van der Waals surface area contributed by atoms with Crippen LogP contribution in [-0.4, -0.2) is 37.1 Å². The average Bonchev–Trinajstić information content (AvgIpc) is 2.75. The highest BCUT2D eigenvalue weighted by molar-refractivity contribution is 4.97. The number of nitrogens with one attached hydrogen (secondary N) is 1. The first-order chi connectivity index (χ1) is 5.85. The minimum absolute atomic E-state index is 0.767. The topological polar surface area (TPSA) is 15.3 Å². The van der Waals surface area contributed by atoms with Gasteiger partial charge in [0.1, 0.15) is 0 Å². The fourth-order valence-electron chi connectivity index (χ4n) is 2.44. The van der Waals surface area contributed by atoms with Gasteiger partial charge in [-0.05, 0) is 25.8 Å². The molecular weight excluding hydrogens is 148 g/mol. The molecule has 2 heteroatoms. The van der Waals surface area contributed by atoms with Crippen LogP contribution in [0.4, 0.5) is 0 Å². The van der Waals surface area contributed by atoms with Crippen LogP contribution in [0.1, 0.15) is 26.2 Å². The van der Waals surface area contributed by atoms with E-state index >= 15 is 0 Å². The minimum Gasteiger partial charge on any atom is -0.316 e. The first-order valence-electron chi connectivity index (χ1n) is 5.26. The van der Waals surface area contributed by atoms with Crippen LogP contribution in [0.15, 0.2) is 0 Å². The van der Waals surface area contributed by atoms with Gasteiger partial charge in [-0.3, -0.25) is 4.90 Å². The molecule has 1 saturated carbocycles. The second kappa shape index (κ2) is 3.35. The van der Waals surface area contributed by atoms with E-state index < -0.39 is 0 Å². The normalized spacial score (nSPS) is 42.0. The number of rotatable bonds is 3. The third-order valence-electron chi connectivity index (χ3n) is 3.51. The summed E-state index contributed by atoms with van der Waals surface area (Å²) < 4.78 is 0. The van der Waals surface area contributed by atoms with Crippen molar-refractivity contribution >= 4 is 0 Å². The summed E-state index contributed by atoms with van der Waals surface area (Å²) in [5.74, 6) is 1.03. The molecule has 0 aromatic heterocycles. The molecule has 0 amide bonds. The third-order valence-corrected chi connectivity index (χ3v) is 3.51. The van der Waals surface area contributed by atoms with Crippen LogP contribution in [0.2, 0.25) is 0 Å². The number of likely N-dealkylation sites (N-methyl/N-ethyl adjacent to an activating group) is 1. The number of hydrogen-bond donors (Lipinski definition) is 1. The maximum Gasteiger partial charge on any atom is 0.0204 e. The molecule has 0 aromatic rings. The Labute approximate surface area is 75.3 Å². The van der Waals surface area contributed by atoms with Gasteiger partial charge in [0.05, 0.1) is 0 Å². The second-order valence-corrected chi connectivity index (χ2v) is 4.24. The van der Waals surface area contributed by atoms with Crippen LogP contribution in [0, 0.1) is 5.92 Å². The summed E-state index contributed by atoms with van der Waals surface area (Å²) in [6.07, 6.45) is 4.20. The monoisotopic (exact) mass is 168 g/mol. The van der Waals surface area contributed by atoms with Gasteiger partial charge in [0, 0.05) is 25.2 Å². The smallest absolute Gasteiger partial charge is 0.0204 e. The fraction of sp³-hybridized carbons (Fsp3) is 1.00. The Kier molecular flexibility index (Phi) is 2.37. The maximum absolute atomic E-state index is 3.37. The minimum atomic E-state index is 0.767. The lowest BCUT2D eigenvalue weighted by molar-refractivity contribution is 0.303. The van der Waals surface area contributed by atoms with Crippen LogP contribution >= 0.6 is 0 Å². The van der Waals surface area contributed by atoms with E-state index in [0.29, 0.717) is 0 Å². The summed E-state index contributed by atoms with van der Waals surface area (Å²) in [6.45, 7) is 4.93. The van der Waals surface area contributed by atoms with Crippen LogP contribution in [-0.2, 0) is 0 Å². The van der Waals surface area contributed by atoms with E-state index in [9.17, 15) is 0 Å². The molecule has 2 rings (SSSR count). The molecule has 1 aliphatic heterocycles. The van der Waals surface area contributed by atoms with Crippen LogP contribution < -0.4 is 5.32 Å². The molecule has 2 aliphatic rings. The van der Waals surface area contributed by atoms with E-state index in [1.165, 1.54) is 32.4 Å². The van der Waals surface area contributed by atoms with Crippen molar-refractivity contribution < 1.29 is 0 Å². The van der Waals surface area contributed by atoms with Crippen molar-refractivity contribution in [3.05, 3.63) is 0 Å². The van der Waals surface area contributed by atoms with E-state index in [4.69, 9.17) is 0 Å². The zero-order valence-corrected chi connectivity index (χ0v) is 8.21. The molecule has 1 N–H and O–H groups in total. The van der Waals surface area contributed by atoms with Crippen LogP contribution in [0.25, 0.3) is 0 Å². The summed E-state index contributed by atoms with van der Waals surface area (Å²) >= 11 is 0. The first kappa shape index (κ1) is 8.52. The molecule has 0 bridgehead atoms. The Bertz CT molecular complexity index is 158. The van der Waals surface area contributed by atoms with E-state index in [1.807, 2.05) is 0 Å². The zero-order chi connectivity index (χ0) is 8.55. The van der Waals surface area contributed by atoms with Gasteiger partial charge in [0.25, 0.3) is 0 Å². The lowest BCUT2D eigenvalue weighted by atomic mass is 10.3. The Hall–Kier alpha value is -0.0800.